The first-order valence-electron chi connectivity index (χ1n) is 9.13. The van der Waals surface area contributed by atoms with Crippen LogP contribution in [0.3, 0.4) is 0 Å². The van der Waals surface area contributed by atoms with Gasteiger partial charge < -0.3 is 4.90 Å². The molecule has 0 aromatic carbocycles. The van der Waals surface area contributed by atoms with Crippen molar-refractivity contribution in [3.63, 3.8) is 0 Å². The fourth-order valence-corrected chi connectivity index (χ4v) is 5.69. The summed E-state index contributed by atoms with van der Waals surface area (Å²) in [5.74, 6) is 0.233. The van der Waals surface area contributed by atoms with E-state index in [9.17, 15) is 10.1 Å². The van der Waals surface area contributed by atoms with Crippen LogP contribution < -0.4 is 0 Å². The Bertz CT molecular complexity index is 664. The molecule has 1 aromatic rings. The molecule has 4 nitrogen and oxygen atoms in total. The van der Waals surface area contributed by atoms with Crippen molar-refractivity contribution < 1.29 is 4.79 Å². The van der Waals surface area contributed by atoms with Gasteiger partial charge >= 0.3 is 0 Å². The van der Waals surface area contributed by atoms with Crippen molar-refractivity contribution in [2.45, 2.75) is 51.5 Å². The molecule has 2 aliphatic rings. The van der Waals surface area contributed by atoms with Crippen LogP contribution in [0.1, 0.15) is 50.8 Å². The van der Waals surface area contributed by atoms with E-state index in [1.54, 1.807) is 0 Å². The van der Waals surface area contributed by atoms with Gasteiger partial charge in [0.25, 0.3) is 0 Å². The van der Waals surface area contributed by atoms with E-state index in [0.29, 0.717) is 13.0 Å². The highest BCUT2D eigenvalue weighted by Gasteiger charge is 2.50. The van der Waals surface area contributed by atoms with Crippen LogP contribution in [0.15, 0.2) is 17.5 Å². The molecule has 1 saturated heterocycles. The highest BCUT2D eigenvalue weighted by atomic mass is 32.1. The molecule has 1 spiro atoms. The van der Waals surface area contributed by atoms with Crippen LogP contribution in [-0.4, -0.2) is 42.9 Å². The zero-order chi connectivity index (χ0) is 18.3. The van der Waals surface area contributed by atoms with E-state index in [1.165, 1.54) is 4.88 Å². The number of hydrogen-bond donors (Lipinski definition) is 0. The average molecular weight is 360 g/mol. The standard InChI is InChI=1S/C20H29N3OS/c1-18(2,13-21)14-23-15-19(12-17(23)24)7-9-20(10-8-19,22(3)4)16-6-5-11-25-16/h5-6,11H,7-10,12,14-15H2,1-4H3. The summed E-state index contributed by atoms with van der Waals surface area (Å²) >= 11 is 1.84. The highest BCUT2D eigenvalue weighted by Crippen LogP contribution is 2.53. The highest BCUT2D eigenvalue weighted by molar-refractivity contribution is 7.10. The molecule has 25 heavy (non-hydrogen) atoms. The maximum Gasteiger partial charge on any atom is 0.223 e. The smallest absolute Gasteiger partial charge is 0.223 e. The van der Waals surface area contributed by atoms with Crippen molar-refractivity contribution in [2.75, 3.05) is 27.2 Å². The van der Waals surface area contributed by atoms with Crippen molar-refractivity contribution in [3.05, 3.63) is 22.4 Å². The van der Waals surface area contributed by atoms with E-state index in [1.807, 2.05) is 30.1 Å². The number of rotatable bonds is 4. The molecule has 0 unspecified atom stereocenters. The molecule has 1 aliphatic carbocycles. The molecule has 3 rings (SSSR count). The van der Waals surface area contributed by atoms with Gasteiger partial charge in [-0.1, -0.05) is 6.07 Å². The van der Waals surface area contributed by atoms with Gasteiger partial charge in [-0.2, -0.15) is 5.26 Å². The summed E-state index contributed by atoms with van der Waals surface area (Å²) in [6, 6.07) is 6.72. The van der Waals surface area contributed by atoms with Crippen LogP contribution >= 0.6 is 11.3 Å². The Morgan fingerprint density at radius 2 is 2.00 bits per heavy atom. The largest absolute Gasteiger partial charge is 0.341 e. The lowest BCUT2D eigenvalue weighted by Gasteiger charge is -2.48. The fraction of sp³-hybridized carbons (Fsp3) is 0.700. The van der Waals surface area contributed by atoms with Gasteiger partial charge in [-0.3, -0.25) is 9.69 Å². The summed E-state index contributed by atoms with van der Waals surface area (Å²) in [7, 11) is 4.36. The van der Waals surface area contributed by atoms with Crippen molar-refractivity contribution >= 4 is 17.2 Å². The van der Waals surface area contributed by atoms with E-state index in [2.05, 4.69) is 42.6 Å². The maximum absolute atomic E-state index is 12.6. The van der Waals surface area contributed by atoms with E-state index in [-0.39, 0.29) is 16.9 Å². The Morgan fingerprint density at radius 3 is 2.52 bits per heavy atom. The van der Waals surface area contributed by atoms with Gasteiger partial charge in [0, 0.05) is 24.4 Å². The lowest BCUT2D eigenvalue weighted by molar-refractivity contribution is -0.128. The Kier molecular flexibility index (Phi) is 4.72. The van der Waals surface area contributed by atoms with E-state index in [0.717, 1.165) is 32.2 Å². The molecule has 2 fully saturated rings. The van der Waals surface area contributed by atoms with Crippen LogP contribution in [0.25, 0.3) is 0 Å². The summed E-state index contributed by atoms with van der Waals surface area (Å²) in [4.78, 5) is 18.3. The van der Waals surface area contributed by atoms with E-state index in [4.69, 9.17) is 0 Å². The van der Waals surface area contributed by atoms with Gasteiger partial charge in [-0.25, -0.2) is 0 Å². The quantitative estimate of drug-likeness (QED) is 0.820. The minimum absolute atomic E-state index is 0.111. The number of carbonyl (C=O) groups is 1. The normalized spacial score (nSPS) is 30.2. The van der Waals surface area contributed by atoms with Crippen LogP contribution in [0.2, 0.25) is 0 Å². The molecule has 1 aliphatic heterocycles. The molecular formula is C20H29N3OS. The van der Waals surface area contributed by atoms with Crippen molar-refractivity contribution in [3.8, 4) is 6.07 Å². The summed E-state index contributed by atoms with van der Waals surface area (Å²) < 4.78 is 0. The first-order chi connectivity index (χ1) is 11.7. The molecule has 1 aromatic heterocycles. The SMILES string of the molecule is CN(C)C1(c2cccs2)CCC2(CC1)CC(=O)N(CC(C)(C)C#N)C2. The van der Waals surface area contributed by atoms with E-state index >= 15 is 0 Å². The monoisotopic (exact) mass is 359 g/mol. The topological polar surface area (TPSA) is 47.3 Å². The summed E-state index contributed by atoms with van der Waals surface area (Å²) in [5, 5.41) is 11.4. The summed E-state index contributed by atoms with van der Waals surface area (Å²) in [5.41, 5.74) is -0.249. The van der Waals surface area contributed by atoms with Gasteiger partial charge in [0.15, 0.2) is 0 Å². The number of nitriles is 1. The number of thiophene rings is 1. The van der Waals surface area contributed by atoms with Gasteiger partial charge in [0.05, 0.1) is 17.0 Å². The Balaban J connectivity index is 1.73. The predicted molar refractivity (Wildman–Crippen MR) is 101 cm³/mol. The third kappa shape index (κ3) is 3.35. The first kappa shape index (κ1) is 18.4. The van der Waals surface area contributed by atoms with Crippen LogP contribution in [0.4, 0.5) is 0 Å². The van der Waals surface area contributed by atoms with Crippen LogP contribution in [-0.2, 0) is 10.3 Å². The number of carbonyl (C=O) groups excluding carboxylic acids is 1. The predicted octanol–water partition coefficient (Wildman–Crippen LogP) is 3.85. The van der Waals surface area contributed by atoms with Gasteiger partial charge in [0.1, 0.15) is 0 Å². The molecular weight excluding hydrogens is 330 g/mol. The lowest BCUT2D eigenvalue weighted by atomic mass is 9.66. The van der Waals surface area contributed by atoms with Crippen LogP contribution in [0.5, 0.6) is 0 Å². The number of amides is 1. The van der Waals surface area contributed by atoms with Gasteiger partial charge in [-0.05, 0) is 70.5 Å². The van der Waals surface area contributed by atoms with Gasteiger partial charge in [-0.15, -0.1) is 11.3 Å². The second-order valence-corrected chi connectivity index (χ2v) is 9.77. The van der Waals surface area contributed by atoms with E-state index < -0.39 is 5.41 Å². The third-order valence-corrected chi connectivity index (χ3v) is 7.33. The second kappa shape index (κ2) is 6.41. The molecule has 136 valence electrons. The molecule has 0 N–H and O–H groups in total. The Labute approximate surface area is 155 Å². The third-order valence-electron chi connectivity index (χ3n) is 6.27. The van der Waals surface area contributed by atoms with Crippen molar-refractivity contribution in [1.82, 2.24) is 9.80 Å². The van der Waals surface area contributed by atoms with Crippen LogP contribution in [0, 0.1) is 22.2 Å². The van der Waals surface area contributed by atoms with Crippen molar-refractivity contribution in [1.29, 1.82) is 5.26 Å². The minimum Gasteiger partial charge on any atom is -0.341 e. The number of likely N-dealkylation sites (tertiary alicyclic amines) is 1. The molecule has 2 heterocycles. The summed E-state index contributed by atoms with van der Waals surface area (Å²) in [6.45, 7) is 5.21. The molecule has 1 saturated carbocycles. The zero-order valence-electron chi connectivity index (χ0n) is 15.8. The van der Waals surface area contributed by atoms with Gasteiger partial charge in [0.2, 0.25) is 5.91 Å². The molecule has 1 amide bonds. The second-order valence-electron chi connectivity index (χ2n) is 8.83. The van der Waals surface area contributed by atoms with Crippen molar-refractivity contribution in [2.24, 2.45) is 10.8 Å². The first-order valence-corrected chi connectivity index (χ1v) is 10.0. The molecule has 0 bridgehead atoms. The number of nitrogens with zero attached hydrogens (tertiary/aromatic N) is 3. The summed E-state index contributed by atoms with van der Waals surface area (Å²) in [6.07, 6.45) is 5.02. The lowest BCUT2D eigenvalue weighted by Crippen LogP contribution is -2.47. The fourth-order valence-electron chi connectivity index (χ4n) is 4.62. The average Bonchev–Trinajstić information content (AvgIpc) is 3.18. The maximum atomic E-state index is 12.6. The molecule has 0 radical (unpaired) electrons. The number of hydrogen-bond acceptors (Lipinski definition) is 4. The Hall–Kier alpha value is -1.38. The minimum atomic E-state index is -0.472. The molecule has 0 atom stereocenters. The Morgan fingerprint density at radius 1 is 1.32 bits per heavy atom. The molecule has 5 heteroatoms. The zero-order valence-corrected chi connectivity index (χ0v) is 16.7.